The number of carbonyl (C=O) groups excluding carboxylic acids is 2. The van der Waals surface area contributed by atoms with Crippen molar-refractivity contribution in [1.82, 2.24) is 5.32 Å². The lowest BCUT2D eigenvalue weighted by Gasteiger charge is -2.36. The second-order valence-electron chi connectivity index (χ2n) is 9.94. The van der Waals surface area contributed by atoms with Crippen LogP contribution in [0.25, 0.3) is 11.1 Å². The van der Waals surface area contributed by atoms with Gasteiger partial charge in [0.2, 0.25) is 0 Å². The molecule has 1 N–H and O–H groups in total. The summed E-state index contributed by atoms with van der Waals surface area (Å²) in [4.78, 5) is 25.4. The van der Waals surface area contributed by atoms with Gasteiger partial charge in [-0.15, -0.1) is 0 Å². The van der Waals surface area contributed by atoms with Crippen molar-refractivity contribution in [2.45, 2.75) is 51.2 Å². The number of hydrogen-bond acceptors (Lipinski definition) is 5. The van der Waals surface area contributed by atoms with Gasteiger partial charge in [0.15, 0.2) is 0 Å². The van der Waals surface area contributed by atoms with E-state index in [-0.39, 0.29) is 6.42 Å². The Morgan fingerprint density at radius 3 is 2.33 bits per heavy atom. The lowest BCUT2D eigenvalue weighted by Crippen LogP contribution is -2.59. The molecule has 4 rings (SSSR count). The van der Waals surface area contributed by atoms with Gasteiger partial charge in [-0.3, -0.25) is 0 Å². The summed E-state index contributed by atoms with van der Waals surface area (Å²) in [5.41, 5.74) is 2.16. The molecule has 0 radical (unpaired) electrons. The van der Waals surface area contributed by atoms with Gasteiger partial charge >= 0.3 is 12.1 Å². The molecule has 3 aromatic rings. The summed E-state index contributed by atoms with van der Waals surface area (Å²) in [7, 11) is 1.32. The third-order valence-electron chi connectivity index (χ3n) is 6.05. The van der Waals surface area contributed by atoms with Crippen LogP contribution in [-0.2, 0) is 27.1 Å². The average molecular weight is 508 g/mol. The van der Waals surface area contributed by atoms with E-state index in [1.807, 2.05) is 66.7 Å². The highest BCUT2D eigenvalue weighted by molar-refractivity contribution is 6.30. The molecule has 188 valence electrons. The van der Waals surface area contributed by atoms with Crippen LogP contribution in [-0.4, -0.2) is 30.3 Å². The first kappa shape index (κ1) is 25.6. The number of esters is 1. The van der Waals surface area contributed by atoms with Crippen molar-refractivity contribution in [3.63, 3.8) is 0 Å². The standard InChI is InChI=1S/C29H30ClNO5/c1-28(2,3)36-27(33)31-29(26(32)34-4)15-14-20-10-13-25(17-22(20)18-29)35-24-7-5-6-21(16-24)19-8-11-23(30)12-9-19/h5-13,16-17H,14-15,18H2,1-4H3,(H,31,33). The molecule has 0 heterocycles. The Bertz CT molecular complexity index is 1270. The minimum absolute atomic E-state index is 0.274. The van der Waals surface area contributed by atoms with Crippen molar-refractivity contribution in [3.8, 4) is 22.6 Å². The zero-order chi connectivity index (χ0) is 25.9. The van der Waals surface area contributed by atoms with E-state index in [1.165, 1.54) is 7.11 Å². The molecule has 0 saturated carbocycles. The predicted molar refractivity (Wildman–Crippen MR) is 140 cm³/mol. The molecule has 0 aromatic heterocycles. The van der Waals surface area contributed by atoms with E-state index in [0.29, 0.717) is 29.4 Å². The van der Waals surface area contributed by atoms with Crippen LogP contribution in [0.3, 0.4) is 0 Å². The van der Waals surface area contributed by atoms with Crippen LogP contribution in [0.4, 0.5) is 4.79 Å². The number of benzene rings is 3. The van der Waals surface area contributed by atoms with Crippen molar-refractivity contribution in [2.24, 2.45) is 0 Å². The Balaban J connectivity index is 1.56. The number of fused-ring (bicyclic) bond motifs is 1. The fourth-order valence-corrected chi connectivity index (χ4v) is 4.51. The maximum Gasteiger partial charge on any atom is 0.408 e. The predicted octanol–water partition coefficient (Wildman–Crippen LogP) is 6.72. The maximum absolute atomic E-state index is 12.8. The second-order valence-corrected chi connectivity index (χ2v) is 10.4. The van der Waals surface area contributed by atoms with Gasteiger partial charge in [-0.1, -0.05) is 41.9 Å². The van der Waals surface area contributed by atoms with E-state index in [2.05, 4.69) is 5.32 Å². The van der Waals surface area contributed by atoms with Crippen LogP contribution in [0.15, 0.2) is 66.7 Å². The summed E-state index contributed by atoms with van der Waals surface area (Å²) in [6, 6.07) is 21.3. The van der Waals surface area contributed by atoms with Crippen LogP contribution in [0, 0.1) is 0 Å². The van der Waals surface area contributed by atoms with Gasteiger partial charge in [0, 0.05) is 11.4 Å². The summed E-state index contributed by atoms with van der Waals surface area (Å²) in [5.74, 6) is 0.824. The molecular weight excluding hydrogens is 478 g/mol. The number of ether oxygens (including phenoxy) is 3. The Morgan fingerprint density at radius 1 is 0.917 bits per heavy atom. The lowest BCUT2D eigenvalue weighted by atomic mass is 9.78. The summed E-state index contributed by atoms with van der Waals surface area (Å²) >= 11 is 6.02. The molecule has 1 aliphatic rings. The second kappa shape index (κ2) is 10.2. The number of halogens is 1. The number of nitrogens with one attached hydrogen (secondary N) is 1. The van der Waals surface area contributed by atoms with Crippen molar-refractivity contribution in [3.05, 3.63) is 82.9 Å². The highest BCUT2D eigenvalue weighted by Gasteiger charge is 2.44. The molecule has 3 aromatic carbocycles. The highest BCUT2D eigenvalue weighted by atomic mass is 35.5. The number of amides is 1. The van der Waals surface area contributed by atoms with Gasteiger partial charge in [0.25, 0.3) is 0 Å². The molecular formula is C29H30ClNO5. The summed E-state index contributed by atoms with van der Waals surface area (Å²) < 4.78 is 16.7. The van der Waals surface area contributed by atoms with E-state index >= 15 is 0 Å². The van der Waals surface area contributed by atoms with Crippen molar-refractivity contribution in [1.29, 1.82) is 0 Å². The molecule has 0 spiro atoms. The number of rotatable bonds is 5. The van der Waals surface area contributed by atoms with Gasteiger partial charge in [0.1, 0.15) is 22.6 Å². The molecule has 1 amide bonds. The van der Waals surface area contributed by atoms with Crippen LogP contribution < -0.4 is 10.1 Å². The molecule has 1 unspecified atom stereocenters. The first-order valence-corrected chi connectivity index (χ1v) is 12.2. The molecule has 36 heavy (non-hydrogen) atoms. The highest BCUT2D eigenvalue weighted by Crippen LogP contribution is 2.35. The van der Waals surface area contributed by atoms with E-state index in [1.54, 1.807) is 20.8 Å². The third kappa shape index (κ3) is 6.00. The Morgan fingerprint density at radius 2 is 1.64 bits per heavy atom. The van der Waals surface area contributed by atoms with Crippen LogP contribution >= 0.6 is 11.6 Å². The van der Waals surface area contributed by atoms with Gasteiger partial charge < -0.3 is 19.5 Å². The molecule has 0 bridgehead atoms. The van der Waals surface area contributed by atoms with Gasteiger partial charge in [0.05, 0.1) is 7.11 Å². The zero-order valence-corrected chi connectivity index (χ0v) is 21.6. The summed E-state index contributed by atoms with van der Waals surface area (Å²) in [6.45, 7) is 5.33. The number of carbonyl (C=O) groups is 2. The zero-order valence-electron chi connectivity index (χ0n) is 20.9. The maximum atomic E-state index is 12.8. The number of alkyl carbamates (subject to hydrolysis) is 1. The van der Waals surface area contributed by atoms with E-state index in [0.717, 1.165) is 22.3 Å². The monoisotopic (exact) mass is 507 g/mol. The Hall–Kier alpha value is -3.51. The van der Waals surface area contributed by atoms with Gasteiger partial charge in [-0.05, 0) is 92.3 Å². The Labute approximate surface area is 216 Å². The molecule has 6 nitrogen and oxygen atoms in total. The van der Waals surface area contributed by atoms with Gasteiger partial charge in [-0.2, -0.15) is 0 Å². The minimum Gasteiger partial charge on any atom is -0.467 e. The van der Waals surface area contributed by atoms with E-state index < -0.39 is 23.2 Å². The molecule has 1 atom stereocenters. The number of aryl methyl sites for hydroxylation is 1. The lowest BCUT2D eigenvalue weighted by molar-refractivity contribution is -0.149. The number of methoxy groups -OCH3 is 1. The summed E-state index contributed by atoms with van der Waals surface area (Å²) in [5, 5.41) is 3.48. The van der Waals surface area contributed by atoms with E-state index in [4.69, 9.17) is 25.8 Å². The Kier molecular flexibility index (Phi) is 7.27. The topological polar surface area (TPSA) is 73.9 Å². The third-order valence-corrected chi connectivity index (χ3v) is 6.31. The first-order chi connectivity index (χ1) is 17.1. The van der Waals surface area contributed by atoms with Crippen molar-refractivity contribution in [2.75, 3.05) is 7.11 Å². The van der Waals surface area contributed by atoms with Crippen LogP contribution in [0.1, 0.15) is 38.3 Å². The largest absolute Gasteiger partial charge is 0.467 e. The number of hydrogen-bond donors (Lipinski definition) is 1. The molecule has 0 saturated heterocycles. The molecule has 0 fully saturated rings. The van der Waals surface area contributed by atoms with E-state index in [9.17, 15) is 9.59 Å². The average Bonchev–Trinajstić information content (AvgIpc) is 2.82. The molecule has 1 aliphatic carbocycles. The fourth-order valence-electron chi connectivity index (χ4n) is 4.38. The quantitative estimate of drug-likeness (QED) is 0.388. The minimum atomic E-state index is -1.21. The first-order valence-electron chi connectivity index (χ1n) is 11.8. The van der Waals surface area contributed by atoms with Crippen LogP contribution in [0.2, 0.25) is 5.02 Å². The fraction of sp³-hybridized carbons (Fsp3) is 0.310. The SMILES string of the molecule is COC(=O)C1(NC(=O)OC(C)(C)C)CCc2ccc(Oc3cccc(-c4ccc(Cl)cc4)c3)cc2C1. The van der Waals surface area contributed by atoms with Crippen LogP contribution in [0.5, 0.6) is 11.5 Å². The molecule has 7 heteroatoms. The normalized spacial score (nSPS) is 17.0. The molecule has 0 aliphatic heterocycles. The van der Waals surface area contributed by atoms with Gasteiger partial charge in [-0.25, -0.2) is 9.59 Å². The smallest absolute Gasteiger partial charge is 0.408 e. The summed E-state index contributed by atoms with van der Waals surface area (Å²) in [6.07, 6.45) is 0.640. The van der Waals surface area contributed by atoms with Crippen molar-refractivity contribution < 1.29 is 23.8 Å². The van der Waals surface area contributed by atoms with Crippen molar-refractivity contribution >= 4 is 23.7 Å².